The zero-order valence-electron chi connectivity index (χ0n) is 14.2. The Morgan fingerprint density at radius 3 is 2.40 bits per heavy atom. The molecule has 134 valence electrons. The highest BCUT2D eigenvalue weighted by Gasteiger charge is 2.15. The average Bonchev–Trinajstić information content (AvgIpc) is 2.61. The minimum atomic E-state index is -0.705. The van der Waals surface area contributed by atoms with Crippen LogP contribution < -0.4 is 20.1 Å². The molecule has 0 aliphatic carbocycles. The van der Waals surface area contributed by atoms with Crippen molar-refractivity contribution in [3.05, 3.63) is 53.6 Å². The topological polar surface area (TPSA) is 42.5 Å². The molecule has 0 saturated carbocycles. The summed E-state index contributed by atoms with van der Waals surface area (Å²) < 4.78 is 37.2. The van der Waals surface area contributed by atoms with E-state index in [2.05, 4.69) is 10.6 Å². The second-order valence-corrected chi connectivity index (χ2v) is 5.71. The largest absolute Gasteiger partial charge is 0.493 e. The number of anilines is 1. The Bertz CT molecular complexity index is 756. The van der Waals surface area contributed by atoms with Gasteiger partial charge in [-0.25, -0.2) is 8.78 Å². The van der Waals surface area contributed by atoms with E-state index in [9.17, 15) is 8.78 Å². The van der Waals surface area contributed by atoms with Crippen molar-refractivity contribution < 1.29 is 18.3 Å². The Kier molecular flexibility index (Phi) is 6.52. The summed E-state index contributed by atoms with van der Waals surface area (Å²) in [6.07, 6.45) is 0.739. The molecule has 0 unspecified atom stereocenters. The molecule has 0 radical (unpaired) electrons. The molecular weight excluding hydrogens is 346 g/mol. The van der Waals surface area contributed by atoms with Gasteiger partial charge in [-0.3, -0.25) is 0 Å². The number of halogens is 2. The van der Waals surface area contributed by atoms with Crippen molar-refractivity contribution in [3.8, 4) is 11.5 Å². The van der Waals surface area contributed by atoms with E-state index < -0.39 is 11.6 Å². The summed E-state index contributed by atoms with van der Waals surface area (Å²) in [5.74, 6) is -0.0964. The van der Waals surface area contributed by atoms with Gasteiger partial charge in [-0.05, 0) is 48.5 Å². The lowest BCUT2D eigenvalue weighted by Crippen LogP contribution is -2.32. The lowest BCUT2D eigenvalue weighted by Gasteiger charge is -2.21. The zero-order valence-corrected chi connectivity index (χ0v) is 15.0. The molecule has 2 rings (SSSR count). The molecule has 0 bridgehead atoms. The third-order valence-corrected chi connectivity index (χ3v) is 3.92. The number of benzene rings is 2. The van der Waals surface area contributed by atoms with E-state index in [-0.39, 0.29) is 16.8 Å². The van der Waals surface area contributed by atoms with Gasteiger partial charge < -0.3 is 20.1 Å². The molecule has 0 spiro atoms. The summed E-state index contributed by atoms with van der Waals surface area (Å²) in [5, 5.41) is 6.11. The molecule has 0 amide bonds. The van der Waals surface area contributed by atoms with Crippen LogP contribution in [0.4, 0.5) is 14.5 Å². The highest BCUT2D eigenvalue weighted by molar-refractivity contribution is 7.80. The van der Waals surface area contributed by atoms with E-state index >= 15 is 0 Å². The molecule has 2 aromatic rings. The molecule has 7 heteroatoms. The van der Waals surface area contributed by atoms with Gasteiger partial charge in [0.1, 0.15) is 11.6 Å². The summed E-state index contributed by atoms with van der Waals surface area (Å²) >= 11 is 5.24. The number of ether oxygens (including phenoxy) is 2. The standard InChI is InChI=1S/C18H20F2N2O2S/c1-4-14(11-5-8-16(23-2)17(9-11)24-3)21-18(25)22-15-7-6-12(19)10-13(15)20/h5-10,14H,4H2,1-3H3,(H2,21,22,25)/t14-/m1/s1. The molecule has 1 atom stereocenters. The first-order chi connectivity index (χ1) is 12.0. The molecule has 2 aromatic carbocycles. The summed E-state index contributed by atoms with van der Waals surface area (Å²) in [6, 6.07) is 8.74. The van der Waals surface area contributed by atoms with Crippen LogP contribution in [0.5, 0.6) is 11.5 Å². The maximum atomic E-state index is 13.7. The van der Waals surface area contributed by atoms with E-state index in [0.717, 1.165) is 18.1 Å². The number of rotatable bonds is 6. The van der Waals surface area contributed by atoms with E-state index in [1.165, 1.54) is 12.1 Å². The first kappa shape index (κ1) is 18.9. The van der Waals surface area contributed by atoms with Gasteiger partial charge in [-0.15, -0.1) is 0 Å². The highest BCUT2D eigenvalue weighted by atomic mass is 32.1. The number of hydrogen-bond donors (Lipinski definition) is 2. The smallest absolute Gasteiger partial charge is 0.171 e. The first-order valence-corrected chi connectivity index (χ1v) is 8.13. The predicted octanol–water partition coefficient (Wildman–Crippen LogP) is 4.42. The molecule has 2 N–H and O–H groups in total. The van der Waals surface area contributed by atoms with Gasteiger partial charge in [0, 0.05) is 6.07 Å². The molecule has 0 fully saturated rings. The van der Waals surface area contributed by atoms with Crippen molar-refractivity contribution in [2.75, 3.05) is 19.5 Å². The van der Waals surface area contributed by atoms with Gasteiger partial charge in [-0.1, -0.05) is 13.0 Å². The van der Waals surface area contributed by atoms with Crippen molar-refractivity contribution in [1.29, 1.82) is 0 Å². The Labute approximate surface area is 151 Å². The highest BCUT2D eigenvalue weighted by Crippen LogP contribution is 2.31. The predicted molar refractivity (Wildman–Crippen MR) is 98.3 cm³/mol. The summed E-state index contributed by atoms with van der Waals surface area (Å²) in [6.45, 7) is 2.00. The Morgan fingerprint density at radius 1 is 1.08 bits per heavy atom. The minimum Gasteiger partial charge on any atom is -0.493 e. The summed E-state index contributed by atoms with van der Waals surface area (Å²) in [7, 11) is 3.14. The number of methoxy groups -OCH3 is 2. The minimum absolute atomic E-state index is 0.108. The van der Waals surface area contributed by atoms with Crippen molar-refractivity contribution in [2.45, 2.75) is 19.4 Å². The van der Waals surface area contributed by atoms with Gasteiger partial charge in [0.05, 0.1) is 25.9 Å². The molecule has 4 nitrogen and oxygen atoms in total. The Morgan fingerprint density at radius 2 is 1.80 bits per heavy atom. The van der Waals surface area contributed by atoms with Crippen LogP contribution >= 0.6 is 12.2 Å². The fourth-order valence-electron chi connectivity index (χ4n) is 2.40. The molecule has 0 aliphatic rings. The van der Waals surface area contributed by atoms with Crippen molar-refractivity contribution in [1.82, 2.24) is 5.32 Å². The van der Waals surface area contributed by atoms with Crippen LogP contribution in [0.1, 0.15) is 24.9 Å². The van der Waals surface area contributed by atoms with Crippen molar-refractivity contribution in [2.24, 2.45) is 0 Å². The van der Waals surface area contributed by atoms with Crippen LogP contribution in [0, 0.1) is 11.6 Å². The molecule has 0 saturated heterocycles. The summed E-state index contributed by atoms with van der Waals surface area (Å²) in [5.41, 5.74) is 1.06. The van der Waals surface area contributed by atoms with E-state index in [0.29, 0.717) is 11.5 Å². The van der Waals surface area contributed by atoms with Gasteiger partial charge in [0.15, 0.2) is 16.6 Å². The van der Waals surface area contributed by atoms with Gasteiger partial charge >= 0.3 is 0 Å². The first-order valence-electron chi connectivity index (χ1n) is 7.73. The number of nitrogens with one attached hydrogen (secondary N) is 2. The van der Waals surface area contributed by atoms with E-state index in [1.807, 2.05) is 25.1 Å². The van der Waals surface area contributed by atoms with E-state index in [4.69, 9.17) is 21.7 Å². The average molecular weight is 366 g/mol. The maximum Gasteiger partial charge on any atom is 0.171 e. The monoisotopic (exact) mass is 366 g/mol. The van der Waals surface area contributed by atoms with Gasteiger partial charge in [0.25, 0.3) is 0 Å². The second kappa shape index (κ2) is 8.62. The van der Waals surface area contributed by atoms with Crippen molar-refractivity contribution in [3.63, 3.8) is 0 Å². The molecule has 0 aromatic heterocycles. The van der Waals surface area contributed by atoms with E-state index in [1.54, 1.807) is 14.2 Å². The quantitative estimate of drug-likeness (QED) is 0.741. The third kappa shape index (κ3) is 4.79. The van der Waals surface area contributed by atoms with Crippen LogP contribution in [0.25, 0.3) is 0 Å². The number of hydrogen-bond acceptors (Lipinski definition) is 3. The molecular formula is C18H20F2N2O2S. The van der Waals surface area contributed by atoms with Crippen LogP contribution in [0.3, 0.4) is 0 Å². The Balaban J connectivity index is 2.12. The van der Waals surface area contributed by atoms with Gasteiger partial charge in [-0.2, -0.15) is 0 Å². The lowest BCUT2D eigenvalue weighted by atomic mass is 10.0. The second-order valence-electron chi connectivity index (χ2n) is 5.30. The normalized spacial score (nSPS) is 11.6. The third-order valence-electron chi connectivity index (χ3n) is 3.70. The van der Waals surface area contributed by atoms with Crippen molar-refractivity contribution >= 4 is 23.0 Å². The van der Waals surface area contributed by atoms with Crippen LogP contribution in [0.15, 0.2) is 36.4 Å². The van der Waals surface area contributed by atoms with Crippen LogP contribution in [0.2, 0.25) is 0 Å². The Hall–Kier alpha value is -2.41. The van der Waals surface area contributed by atoms with Crippen LogP contribution in [-0.4, -0.2) is 19.3 Å². The molecule has 25 heavy (non-hydrogen) atoms. The fraction of sp³-hybridized carbons (Fsp3) is 0.278. The SMILES string of the molecule is CC[C@@H](NC(=S)Nc1ccc(F)cc1F)c1ccc(OC)c(OC)c1. The maximum absolute atomic E-state index is 13.7. The van der Waals surface area contributed by atoms with Gasteiger partial charge in [0.2, 0.25) is 0 Å². The fourth-order valence-corrected chi connectivity index (χ4v) is 2.65. The zero-order chi connectivity index (χ0) is 18.4. The lowest BCUT2D eigenvalue weighted by molar-refractivity contribution is 0.354. The van der Waals surface area contributed by atoms with Crippen LogP contribution in [-0.2, 0) is 0 Å². The molecule has 0 aliphatic heterocycles. The molecule has 0 heterocycles. The summed E-state index contributed by atoms with van der Waals surface area (Å²) in [4.78, 5) is 0. The number of thiocarbonyl (C=S) groups is 1.